The fourth-order valence-electron chi connectivity index (χ4n) is 1.73. The topological polar surface area (TPSA) is 65.1 Å². The average Bonchev–Trinajstić information content (AvgIpc) is 2.83. The van der Waals surface area contributed by atoms with Crippen LogP contribution in [0.25, 0.3) is 10.9 Å². The maximum atomic E-state index is 11.9. The summed E-state index contributed by atoms with van der Waals surface area (Å²) in [4.78, 5) is 15.0. The summed E-state index contributed by atoms with van der Waals surface area (Å²) in [6.45, 7) is 2.17. The summed E-state index contributed by atoms with van der Waals surface area (Å²) in [6, 6.07) is 7.42. The Morgan fingerprint density at radius 3 is 3.06 bits per heavy atom. The standard InChI is InChI=1S/C13H16N2O2/c1-2-9(16)8-15-13(17)11-4-3-5-12-10(11)6-7-14-12/h3-7,9,14,16H,2,8H2,1H3,(H,15,17). The summed E-state index contributed by atoms with van der Waals surface area (Å²) in [5.41, 5.74) is 1.57. The molecule has 1 heterocycles. The zero-order valence-corrected chi connectivity index (χ0v) is 9.73. The smallest absolute Gasteiger partial charge is 0.252 e. The van der Waals surface area contributed by atoms with E-state index in [2.05, 4.69) is 10.3 Å². The highest BCUT2D eigenvalue weighted by molar-refractivity contribution is 6.06. The van der Waals surface area contributed by atoms with E-state index in [1.807, 2.05) is 31.3 Å². The van der Waals surface area contributed by atoms with Gasteiger partial charge < -0.3 is 15.4 Å². The number of amides is 1. The van der Waals surface area contributed by atoms with E-state index in [1.54, 1.807) is 6.07 Å². The highest BCUT2D eigenvalue weighted by atomic mass is 16.3. The summed E-state index contributed by atoms with van der Waals surface area (Å²) in [6.07, 6.45) is 1.96. The Morgan fingerprint density at radius 2 is 2.29 bits per heavy atom. The van der Waals surface area contributed by atoms with Gasteiger partial charge in [-0.2, -0.15) is 0 Å². The molecule has 1 unspecified atom stereocenters. The average molecular weight is 232 g/mol. The molecule has 0 spiro atoms. The Hall–Kier alpha value is -1.81. The van der Waals surface area contributed by atoms with Crippen molar-refractivity contribution in [3.05, 3.63) is 36.0 Å². The van der Waals surface area contributed by atoms with Crippen LogP contribution in [0.5, 0.6) is 0 Å². The van der Waals surface area contributed by atoms with E-state index in [1.165, 1.54) is 0 Å². The van der Waals surface area contributed by atoms with E-state index in [9.17, 15) is 9.90 Å². The van der Waals surface area contributed by atoms with Crippen LogP contribution >= 0.6 is 0 Å². The van der Waals surface area contributed by atoms with Crippen molar-refractivity contribution >= 4 is 16.8 Å². The number of aliphatic hydroxyl groups excluding tert-OH is 1. The Labute approximate surface area is 99.7 Å². The first-order valence-electron chi connectivity index (χ1n) is 5.74. The van der Waals surface area contributed by atoms with Gasteiger partial charge in [0.15, 0.2) is 0 Å². The third kappa shape index (κ3) is 2.47. The molecule has 90 valence electrons. The van der Waals surface area contributed by atoms with Crippen LogP contribution in [0, 0.1) is 0 Å². The van der Waals surface area contributed by atoms with Crippen LogP contribution in [0.1, 0.15) is 23.7 Å². The predicted molar refractivity (Wildman–Crippen MR) is 66.9 cm³/mol. The van der Waals surface area contributed by atoms with Gasteiger partial charge in [0.2, 0.25) is 0 Å². The first kappa shape index (κ1) is 11.7. The second kappa shape index (κ2) is 5.01. The molecule has 2 aromatic rings. The van der Waals surface area contributed by atoms with Crippen LogP contribution in [0.2, 0.25) is 0 Å². The zero-order valence-electron chi connectivity index (χ0n) is 9.73. The second-order valence-electron chi connectivity index (χ2n) is 4.02. The van der Waals surface area contributed by atoms with E-state index in [-0.39, 0.29) is 12.5 Å². The highest BCUT2D eigenvalue weighted by Gasteiger charge is 2.11. The lowest BCUT2D eigenvalue weighted by atomic mass is 10.1. The molecular formula is C13H16N2O2. The molecule has 0 fully saturated rings. The summed E-state index contributed by atoms with van der Waals surface area (Å²) in [5, 5.41) is 13.0. The van der Waals surface area contributed by atoms with Gasteiger partial charge in [-0.05, 0) is 24.6 Å². The number of hydrogen-bond donors (Lipinski definition) is 3. The normalized spacial score (nSPS) is 12.6. The number of fused-ring (bicyclic) bond motifs is 1. The largest absolute Gasteiger partial charge is 0.391 e. The quantitative estimate of drug-likeness (QED) is 0.750. The van der Waals surface area contributed by atoms with Crippen LogP contribution in [0.15, 0.2) is 30.5 Å². The number of rotatable bonds is 4. The molecule has 0 bridgehead atoms. The fourth-order valence-corrected chi connectivity index (χ4v) is 1.73. The molecule has 1 atom stereocenters. The van der Waals surface area contributed by atoms with Crippen LogP contribution < -0.4 is 5.32 Å². The molecule has 0 aliphatic carbocycles. The van der Waals surface area contributed by atoms with Crippen molar-refractivity contribution in [3.63, 3.8) is 0 Å². The third-order valence-corrected chi connectivity index (χ3v) is 2.81. The Balaban J connectivity index is 2.16. The third-order valence-electron chi connectivity index (χ3n) is 2.81. The van der Waals surface area contributed by atoms with Crippen molar-refractivity contribution in [3.8, 4) is 0 Å². The number of H-pyrrole nitrogens is 1. The van der Waals surface area contributed by atoms with Crippen molar-refractivity contribution in [1.29, 1.82) is 0 Å². The van der Waals surface area contributed by atoms with Gasteiger partial charge in [0, 0.05) is 29.2 Å². The molecule has 1 amide bonds. The molecule has 0 aliphatic rings. The minimum atomic E-state index is -0.482. The van der Waals surface area contributed by atoms with Gasteiger partial charge in [-0.3, -0.25) is 4.79 Å². The maximum Gasteiger partial charge on any atom is 0.252 e. The van der Waals surface area contributed by atoms with Crippen molar-refractivity contribution < 1.29 is 9.90 Å². The lowest BCUT2D eigenvalue weighted by Crippen LogP contribution is -2.31. The fraction of sp³-hybridized carbons (Fsp3) is 0.308. The summed E-state index contributed by atoms with van der Waals surface area (Å²) < 4.78 is 0. The van der Waals surface area contributed by atoms with E-state index >= 15 is 0 Å². The lowest BCUT2D eigenvalue weighted by Gasteiger charge is -2.10. The number of aromatic amines is 1. The maximum absolute atomic E-state index is 11.9. The van der Waals surface area contributed by atoms with Crippen LogP contribution in [0.3, 0.4) is 0 Å². The first-order valence-corrected chi connectivity index (χ1v) is 5.74. The molecule has 1 aromatic carbocycles. The van der Waals surface area contributed by atoms with Crippen molar-refractivity contribution in [2.24, 2.45) is 0 Å². The molecule has 0 aliphatic heterocycles. The predicted octanol–water partition coefficient (Wildman–Crippen LogP) is 1.67. The molecule has 17 heavy (non-hydrogen) atoms. The van der Waals surface area contributed by atoms with Gasteiger partial charge in [-0.15, -0.1) is 0 Å². The summed E-state index contributed by atoms with van der Waals surface area (Å²) in [5.74, 6) is -0.150. The Kier molecular flexibility index (Phi) is 3.44. The van der Waals surface area contributed by atoms with Crippen molar-refractivity contribution in [2.45, 2.75) is 19.4 Å². The van der Waals surface area contributed by atoms with Gasteiger partial charge in [0.25, 0.3) is 5.91 Å². The molecule has 1 aromatic heterocycles. The Morgan fingerprint density at radius 1 is 1.47 bits per heavy atom. The molecule has 4 nitrogen and oxygen atoms in total. The minimum absolute atomic E-state index is 0.150. The van der Waals surface area contributed by atoms with Gasteiger partial charge in [-0.1, -0.05) is 13.0 Å². The summed E-state index contributed by atoms with van der Waals surface area (Å²) in [7, 11) is 0. The number of aromatic nitrogens is 1. The number of nitrogens with one attached hydrogen (secondary N) is 2. The van der Waals surface area contributed by atoms with Gasteiger partial charge in [0.1, 0.15) is 0 Å². The number of carbonyl (C=O) groups excluding carboxylic acids is 1. The van der Waals surface area contributed by atoms with E-state index in [0.717, 1.165) is 10.9 Å². The molecule has 0 saturated carbocycles. The number of carbonyl (C=O) groups is 1. The van der Waals surface area contributed by atoms with Gasteiger partial charge >= 0.3 is 0 Å². The van der Waals surface area contributed by atoms with Crippen molar-refractivity contribution in [1.82, 2.24) is 10.3 Å². The molecule has 0 radical (unpaired) electrons. The van der Waals surface area contributed by atoms with E-state index < -0.39 is 6.10 Å². The van der Waals surface area contributed by atoms with Crippen LogP contribution in [-0.4, -0.2) is 28.6 Å². The number of hydrogen-bond acceptors (Lipinski definition) is 2. The van der Waals surface area contributed by atoms with E-state index in [4.69, 9.17) is 0 Å². The lowest BCUT2D eigenvalue weighted by molar-refractivity contribution is 0.0915. The Bertz CT molecular complexity index is 519. The molecule has 4 heteroatoms. The van der Waals surface area contributed by atoms with Crippen LogP contribution in [-0.2, 0) is 0 Å². The van der Waals surface area contributed by atoms with Crippen molar-refractivity contribution in [2.75, 3.05) is 6.54 Å². The zero-order chi connectivity index (χ0) is 12.3. The molecule has 2 rings (SSSR count). The second-order valence-corrected chi connectivity index (χ2v) is 4.02. The monoisotopic (exact) mass is 232 g/mol. The number of benzene rings is 1. The van der Waals surface area contributed by atoms with Gasteiger partial charge in [-0.25, -0.2) is 0 Å². The SMILES string of the molecule is CCC(O)CNC(=O)c1cccc2[nH]ccc12. The highest BCUT2D eigenvalue weighted by Crippen LogP contribution is 2.17. The van der Waals surface area contributed by atoms with Gasteiger partial charge in [0.05, 0.1) is 6.10 Å². The van der Waals surface area contributed by atoms with Crippen LogP contribution in [0.4, 0.5) is 0 Å². The number of aliphatic hydroxyl groups is 1. The molecule has 3 N–H and O–H groups in total. The summed E-state index contributed by atoms with van der Waals surface area (Å²) >= 11 is 0. The first-order chi connectivity index (χ1) is 8.22. The molecular weight excluding hydrogens is 216 g/mol. The minimum Gasteiger partial charge on any atom is -0.391 e. The van der Waals surface area contributed by atoms with E-state index in [0.29, 0.717) is 12.0 Å². The molecule has 0 saturated heterocycles.